The summed E-state index contributed by atoms with van der Waals surface area (Å²) in [5, 5.41) is 12.4. The normalized spacial score (nSPS) is 14.1. The first-order valence-corrected chi connectivity index (χ1v) is 6.93. The lowest BCUT2D eigenvalue weighted by Gasteiger charge is -2.08. The number of aromatic hydroxyl groups is 1. The lowest BCUT2D eigenvalue weighted by Crippen LogP contribution is -2.25. The lowest BCUT2D eigenvalue weighted by molar-refractivity contribution is 0.0937. The van der Waals surface area contributed by atoms with E-state index in [0.29, 0.717) is 24.5 Å². The first kappa shape index (κ1) is 14.7. The van der Waals surface area contributed by atoms with Crippen LogP contribution in [0.3, 0.4) is 0 Å². The van der Waals surface area contributed by atoms with Crippen molar-refractivity contribution >= 4 is 5.91 Å². The number of amides is 1. The zero-order valence-electron chi connectivity index (χ0n) is 11.7. The monoisotopic (exact) mass is 279 g/mol. The van der Waals surface area contributed by atoms with E-state index in [1.807, 2.05) is 0 Å². The van der Waals surface area contributed by atoms with Gasteiger partial charge in [0.25, 0.3) is 5.91 Å². The van der Waals surface area contributed by atoms with Gasteiger partial charge in [-0.1, -0.05) is 0 Å². The van der Waals surface area contributed by atoms with Gasteiger partial charge in [0.15, 0.2) is 11.5 Å². The second kappa shape index (κ2) is 7.14. The highest BCUT2D eigenvalue weighted by Gasteiger charge is 2.20. The first-order valence-electron chi connectivity index (χ1n) is 6.93. The number of carbonyl (C=O) groups is 1. The Hall–Kier alpha value is -1.75. The molecule has 1 fully saturated rings. The fourth-order valence-electron chi connectivity index (χ4n) is 1.84. The standard InChI is InChI=1S/C15H21NO4/c1-19-14-6-5-12(9-13(14)17)15(18)16-7-2-8-20-10-11-3-4-11/h5-6,9,11,17H,2-4,7-8,10H2,1H3,(H,16,18). The Kier molecular flexibility index (Phi) is 5.24. The van der Waals surface area contributed by atoms with Gasteiger partial charge in [-0.3, -0.25) is 4.79 Å². The second-order valence-electron chi connectivity index (χ2n) is 5.01. The Balaban J connectivity index is 1.66. The highest BCUT2D eigenvalue weighted by molar-refractivity contribution is 5.94. The number of phenols is 1. The summed E-state index contributed by atoms with van der Waals surface area (Å²) in [6.07, 6.45) is 3.37. The number of ether oxygens (including phenoxy) is 2. The molecule has 0 spiro atoms. The molecule has 1 aliphatic rings. The van der Waals surface area contributed by atoms with Gasteiger partial charge in [-0.05, 0) is 43.4 Å². The molecule has 5 heteroatoms. The maximum Gasteiger partial charge on any atom is 0.251 e. The van der Waals surface area contributed by atoms with Crippen molar-refractivity contribution in [3.05, 3.63) is 23.8 Å². The molecule has 0 aromatic heterocycles. The molecular formula is C15H21NO4. The van der Waals surface area contributed by atoms with E-state index >= 15 is 0 Å². The maximum absolute atomic E-state index is 11.8. The molecule has 0 bridgehead atoms. The average Bonchev–Trinajstić information content (AvgIpc) is 3.26. The van der Waals surface area contributed by atoms with Crippen LogP contribution in [-0.2, 0) is 4.74 Å². The minimum atomic E-state index is -0.204. The molecule has 0 unspecified atom stereocenters. The molecule has 2 N–H and O–H groups in total. The predicted octanol–water partition coefficient (Wildman–Crippen LogP) is 1.95. The molecule has 110 valence electrons. The van der Waals surface area contributed by atoms with Gasteiger partial charge in [0.1, 0.15) is 0 Å². The number of hydrogen-bond donors (Lipinski definition) is 2. The maximum atomic E-state index is 11.8. The Morgan fingerprint density at radius 3 is 2.90 bits per heavy atom. The van der Waals surface area contributed by atoms with Crippen molar-refractivity contribution in [2.75, 3.05) is 26.9 Å². The van der Waals surface area contributed by atoms with Gasteiger partial charge < -0.3 is 19.9 Å². The summed E-state index contributed by atoms with van der Waals surface area (Å²) < 4.78 is 10.4. The quantitative estimate of drug-likeness (QED) is 0.714. The van der Waals surface area contributed by atoms with E-state index in [4.69, 9.17) is 9.47 Å². The molecule has 1 aliphatic carbocycles. The molecule has 1 aromatic carbocycles. The second-order valence-corrected chi connectivity index (χ2v) is 5.01. The lowest BCUT2D eigenvalue weighted by atomic mass is 10.2. The summed E-state index contributed by atoms with van der Waals surface area (Å²) in [6, 6.07) is 4.60. The Morgan fingerprint density at radius 2 is 2.25 bits per heavy atom. The topological polar surface area (TPSA) is 67.8 Å². The zero-order chi connectivity index (χ0) is 14.4. The number of methoxy groups -OCH3 is 1. The van der Waals surface area contributed by atoms with Crippen LogP contribution in [0.15, 0.2) is 18.2 Å². The molecule has 0 saturated heterocycles. The van der Waals surface area contributed by atoms with E-state index in [2.05, 4.69) is 5.32 Å². The number of hydrogen-bond acceptors (Lipinski definition) is 4. The predicted molar refractivity (Wildman–Crippen MR) is 75.2 cm³/mol. The summed E-state index contributed by atoms with van der Waals surface area (Å²) in [4.78, 5) is 11.8. The average molecular weight is 279 g/mol. The highest BCUT2D eigenvalue weighted by Crippen LogP contribution is 2.28. The largest absolute Gasteiger partial charge is 0.504 e. The molecule has 0 heterocycles. The van der Waals surface area contributed by atoms with Crippen LogP contribution in [0, 0.1) is 5.92 Å². The molecule has 5 nitrogen and oxygen atoms in total. The molecule has 0 aliphatic heterocycles. The van der Waals surface area contributed by atoms with Gasteiger partial charge in [-0.2, -0.15) is 0 Å². The first-order chi connectivity index (χ1) is 9.70. The van der Waals surface area contributed by atoms with Crippen LogP contribution in [0.25, 0.3) is 0 Å². The van der Waals surface area contributed by atoms with Crippen LogP contribution in [0.1, 0.15) is 29.6 Å². The van der Waals surface area contributed by atoms with Gasteiger partial charge in [0.05, 0.1) is 7.11 Å². The van der Waals surface area contributed by atoms with Crippen molar-refractivity contribution in [2.45, 2.75) is 19.3 Å². The summed E-state index contributed by atoms with van der Waals surface area (Å²) in [5.41, 5.74) is 0.419. The van der Waals surface area contributed by atoms with Crippen molar-refractivity contribution in [1.82, 2.24) is 5.32 Å². The number of nitrogens with one attached hydrogen (secondary N) is 1. The van der Waals surface area contributed by atoms with Crippen molar-refractivity contribution in [2.24, 2.45) is 5.92 Å². The van der Waals surface area contributed by atoms with Crippen LogP contribution in [0.5, 0.6) is 11.5 Å². The molecule has 20 heavy (non-hydrogen) atoms. The minimum Gasteiger partial charge on any atom is -0.504 e. The van der Waals surface area contributed by atoms with Crippen LogP contribution < -0.4 is 10.1 Å². The molecule has 0 radical (unpaired) electrons. The van der Waals surface area contributed by atoms with E-state index < -0.39 is 0 Å². The van der Waals surface area contributed by atoms with Gasteiger partial charge in [0, 0.05) is 25.3 Å². The molecule has 2 rings (SSSR count). The number of benzene rings is 1. The number of carbonyl (C=O) groups excluding carboxylic acids is 1. The van der Waals surface area contributed by atoms with Crippen LogP contribution >= 0.6 is 0 Å². The minimum absolute atomic E-state index is 0.0343. The highest BCUT2D eigenvalue weighted by atomic mass is 16.5. The Labute approximate surface area is 118 Å². The fourth-order valence-corrected chi connectivity index (χ4v) is 1.84. The third-order valence-electron chi connectivity index (χ3n) is 3.24. The summed E-state index contributed by atoms with van der Waals surface area (Å²) in [5.74, 6) is 0.889. The van der Waals surface area contributed by atoms with Crippen LogP contribution in [0.2, 0.25) is 0 Å². The third-order valence-corrected chi connectivity index (χ3v) is 3.24. The summed E-state index contributed by atoms with van der Waals surface area (Å²) >= 11 is 0. The van der Waals surface area contributed by atoms with Crippen LogP contribution in [0.4, 0.5) is 0 Å². The molecular weight excluding hydrogens is 258 g/mol. The van der Waals surface area contributed by atoms with Gasteiger partial charge in [-0.15, -0.1) is 0 Å². The van der Waals surface area contributed by atoms with E-state index in [0.717, 1.165) is 18.9 Å². The van der Waals surface area contributed by atoms with Crippen molar-refractivity contribution in [1.29, 1.82) is 0 Å². The van der Waals surface area contributed by atoms with Crippen molar-refractivity contribution in [3.63, 3.8) is 0 Å². The van der Waals surface area contributed by atoms with Crippen molar-refractivity contribution < 1.29 is 19.4 Å². The Bertz CT molecular complexity index is 457. The van der Waals surface area contributed by atoms with E-state index in [9.17, 15) is 9.90 Å². The molecule has 0 atom stereocenters. The van der Waals surface area contributed by atoms with Crippen LogP contribution in [-0.4, -0.2) is 37.9 Å². The summed E-state index contributed by atoms with van der Waals surface area (Å²) in [6.45, 7) is 2.08. The summed E-state index contributed by atoms with van der Waals surface area (Å²) in [7, 11) is 1.47. The molecule has 1 amide bonds. The zero-order valence-corrected chi connectivity index (χ0v) is 11.7. The third kappa shape index (κ3) is 4.42. The number of rotatable bonds is 8. The van der Waals surface area contributed by atoms with Gasteiger partial charge >= 0.3 is 0 Å². The number of phenolic OH excluding ortho intramolecular Hbond substituents is 1. The van der Waals surface area contributed by atoms with Gasteiger partial charge in [-0.25, -0.2) is 0 Å². The SMILES string of the molecule is COc1ccc(C(=O)NCCCOCC2CC2)cc1O. The molecule has 1 aromatic rings. The van der Waals surface area contributed by atoms with E-state index in [1.54, 1.807) is 12.1 Å². The van der Waals surface area contributed by atoms with Crippen molar-refractivity contribution in [3.8, 4) is 11.5 Å². The Morgan fingerprint density at radius 1 is 1.45 bits per heavy atom. The van der Waals surface area contributed by atoms with E-state index in [-0.39, 0.29) is 11.7 Å². The molecule has 1 saturated carbocycles. The van der Waals surface area contributed by atoms with E-state index in [1.165, 1.54) is 26.0 Å². The smallest absolute Gasteiger partial charge is 0.251 e. The van der Waals surface area contributed by atoms with Gasteiger partial charge in [0.2, 0.25) is 0 Å². The fraction of sp³-hybridized carbons (Fsp3) is 0.533.